The lowest BCUT2D eigenvalue weighted by atomic mass is 10.2. The molecule has 0 radical (unpaired) electrons. The molecule has 0 spiro atoms. The third-order valence-electron chi connectivity index (χ3n) is 5.09. The van der Waals surface area contributed by atoms with Gasteiger partial charge in [-0.3, -0.25) is 14.6 Å². The number of nitrogens with zero attached hydrogens (tertiary/aromatic N) is 3. The highest BCUT2D eigenvalue weighted by molar-refractivity contribution is 6.31. The van der Waals surface area contributed by atoms with Crippen molar-refractivity contribution in [3.8, 4) is 17.2 Å². The number of ether oxygens (including phenoxy) is 2. The van der Waals surface area contributed by atoms with Crippen LogP contribution in [0.5, 0.6) is 17.2 Å². The first kappa shape index (κ1) is 22.9. The number of hydrogen-bond acceptors (Lipinski definition) is 7. The molecule has 9 heteroatoms. The second-order valence-electron chi connectivity index (χ2n) is 7.21. The minimum Gasteiger partial charge on any atom is -0.502 e. The van der Waals surface area contributed by atoms with E-state index >= 15 is 0 Å². The number of methoxy groups -OCH3 is 2. The summed E-state index contributed by atoms with van der Waals surface area (Å²) in [5.74, 6) is 0.261. The van der Waals surface area contributed by atoms with Crippen LogP contribution in [0, 0.1) is 0 Å². The van der Waals surface area contributed by atoms with E-state index in [1.54, 1.807) is 12.1 Å². The summed E-state index contributed by atoms with van der Waals surface area (Å²) in [6.45, 7) is 4.43. The van der Waals surface area contributed by atoms with Crippen molar-refractivity contribution in [2.75, 3.05) is 46.9 Å². The topological polar surface area (TPSA) is 86.6 Å². The van der Waals surface area contributed by atoms with Crippen LogP contribution in [-0.4, -0.2) is 74.0 Å². The smallest absolute Gasteiger partial charge is 0.254 e. The summed E-state index contributed by atoms with van der Waals surface area (Å²) in [5.41, 5.74) is 4.28. The lowest BCUT2D eigenvalue weighted by Gasteiger charge is -2.34. The zero-order chi connectivity index (χ0) is 22.2. The van der Waals surface area contributed by atoms with E-state index in [1.807, 2.05) is 24.3 Å². The number of rotatable bonds is 8. The maximum atomic E-state index is 12.2. The molecule has 0 atom stereocenters. The van der Waals surface area contributed by atoms with Crippen LogP contribution >= 0.6 is 11.6 Å². The molecule has 1 fully saturated rings. The number of halogens is 1. The summed E-state index contributed by atoms with van der Waals surface area (Å²) in [6, 6.07) is 11.1. The Morgan fingerprint density at radius 1 is 1.13 bits per heavy atom. The van der Waals surface area contributed by atoms with Gasteiger partial charge in [0.25, 0.3) is 5.91 Å². The lowest BCUT2D eigenvalue weighted by Crippen LogP contribution is -2.48. The molecule has 1 heterocycles. The fraction of sp³-hybridized carbons (Fsp3) is 0.364. The maximum absolute atomic E-state index is 12.2. The molecule has 2 aromatic rings. The Bertz CT molecular complexity index is 904. The number of benzene rings is 2. The number of amides is 1. The summed E-state index contributed by atoms with van der Waals surface area (Å²) >= 11 is 6.25. The lowest BCUT2D eigenvalue weighted by molar-refractivity contribution is -0.122. The molecule has 3 rings (SSSR count). The molecule has 31 heavy (non-hydrogen) atoms. The van der Waals surface area contributed by atoms with Gasteiger partial charge in [-0.05, 0) is 23.8 Å². The second kappa shape index (κ2) is 11.0. The molecule has 0 aromatic heterocycles. The SMILES string of the molecule is COc1cc(/C=N\NC(=O)CN2CCN(Cc3ccccc3Cl)CC2)cc(OC)c1O. The van der Waals surface area contributed by atoms with Crippen molar-refractivity contribution in [1.82, 2.24) is 15.2 Å². The maximum Gasteiger partial charge on any atom is 0.254 e. The highest BCUT2D eigenvalue weighted by atomic mass is 35.5. The van der Waals surface area contributed by atoms with Crippen LogP contribution in [0.4, 0.5) is 0 Å². The molecule has 1 amide bonds. The van der Waals surface area contributed by atoms with Crippen LogP contribution in [0.2, 0.25) is 5.02 Å². The van der Waals surface area contributed by atoms with Gasteiger partial charge in [0.2, 0.25) is 5.75 Å². The Kier molecular flexibility index (Phi) is 8.11. The number of nitrogens with one attached hydrogen (secondary N) is 1. The van der Waals surface area contributed by atoms with E-state index in [4.69, 9.17) is 21.1 Å². The molecular weight excluding hydrogens is 420 g/mol. The number of hydrazone groups is 1. The Morgan fingerprint density at radius 3 is 2.35 bits per heavy atom. The third-order valence-corrected chi connectivity index (χ3v) is 5.46. The number of piperazine rings is 1. The van der Waals surface area contributed by atoms with Crippen LogP contribution in [0.25, 0.3) is 0 Å². The summed E-state index contributed by atoms with van der Waals surface area (Å²) in [7, 11) is 2.90. The molecule has 0 unspecified atom stereocenters. The predicted octanol–water partition coefficient (Wildman–Crippen LogP) is 2.33. The van der Waals surface area contributed by atoms with E-state index in [0.717, 1.165) is 43.3 Å². The molecule has 1 saturated heterocycles. The minimum atomic E-state index is -0.187. The first-order valence-corrected chi connectivity index (χ1v) is 10.3. The van der Waals surface area contributed by atoms with Gasteiger partial charge in [-0.15, -0.1) is 0 Å². The molecule has 1 aliphatic rings. The second-order valence-corrected chi connectivity index (χ2v) is 7.62. The molecule has 0 bridgehead atoms. The first-order chi connectivity index (χ1) is 15.0. The Morgan fingerprint density at radius 2 is 1.74 bits per heavy atom. The summed E-state index contributed by atoms with van der Waals surface area (Å²) < 4.78 is 10.2. The third kappa shape index (κ3) is 6.33. The zero-order valence-corrected chi connectivity index (χ0v) is 18.4. The minimum absolute atomic E-state index is 0.0835. The van der Waals surface area contributed by atoms with Gasteiger partial charge in [-0.2, -0.15) is 5.10 Å². The van der Waals surface area contributed by atoms with Crippen molar-refractivity contribution >= 4 is 23.7 Å². The largest absolute Gasteiger partial charge is 0.502 e. The van der Waals surface area contributed by atoms with Gasteiger partial charge in [-0.1, -0.05) is 29.8 Å². The van der Waals surface area contributed by atoms with E-state index in [1.165, 1.54) is 20.4 Å². The molecule has 0 aliphatic carbocycles. The predicted molar refractivity (Wildman–Crippen MR) is 120 cm³/mol. The van der Waals surface area contributed by atoms with E-state index in [0.29, 0.717) is 5.56 Å². The van der Waals surface area contributed by atoms with Gasteiger partial charge in [0.05, 0.1) is 27.0 Å². The monoisotopic (exact) mass is 446 g/mol. The first-order valence-electron chi connectivity index (χ1n) is 9.95. The van der Waals surface area contributed by atoms with Crippen LogP contribution in [0.3, 0.4) is 0 Å². The molecule has 2 N–H and O–H groups in total. The van der Waals surface area contributed by atoms with Gasteiger partial charge >= 0.3 is 0 Å². The van der Waals surface area contributed by atoms with Crippen molar-refractivity contribution in [2.45, 2.75) is 6.54 Å². The summed E-state index contributed by atoms with van der Waals surface area (Å²) in [6.07, 6.45) is 1.48. The number of phenolic OH excluding ortho intramolecular Hbond substituents is 1. The van der Waals surface area contributed by atoms with Crippen molar-refractivity contribution < 1.29 is 19.4 Å². The summed E-state index contributed by atoms with van der Waals surface area (Å²) in [5, 5.41) is 14.7. The van der Waals surface area contributed by atoms with E-state index in [-0.39, 0.29) is 29.7 Å². The van der Waals surface area contributed by atoms with Gasteiger partial charge in [-0.25, -0.2) is 5.43 Å². The van der Waals surface area contributed by atoms with Crippen molar-refractivity contribution in [3.63, 3.8) is 0 Å². The van der Waals surface area contributed by atoms with Crippen LogP contribution in [0.1, 0.15) is 11.1 Å². The van der Waals surface area contributed by atoms with Gasteiger partial charge in [0.15, 0.2) is 11.5 Å². The Balaban J connectivity index is 1.45. The number of aromatic hydroxyl groups is 1. The van der Waals surface area contributed by atoms with E-state index in [9.17, 15) is 9.90 Å². The molecule has 166 valence electrons. The fourth-order valence-electron chi connectivity index (χ4n) is 3.38. The molecule has 2 aromatic carbocycles. The molecular formula is C22H27ClN4O4. The van der Waals surface area contributed by atoms with Crippen molar-refractivity contribution in [2.24, 2.45) is 5.10 Å². The van der Waals surface area contributed by atoms with Crippen LogP contribution < -0.4 is 14.9 Å². The van der Waals surface area contributed by atoms with Gasteiger partial charge in [0.1, 0.15) is 0 Å². The average Bonchev–Trinajstić information content (AvgIpc) is 2.77. The fourth-order valence-corrected chi connectivity index (χ4v) is 3.57. The Hall–Kier alpha value is -2.81. The number of carbonyl (C=O) groups excluding carboxylic acids is 1. The van der Waals surface area contributed by atoms with Crippen LogP contribution in [0.15, 0.2) is 41.5 Å². The van der Waals surface area contributed by atoms with E-state index < -0.39 is 0 Å². The standard InChI is InChI=1S/C22H27ClN4O4/c1-30-19-11-16(12-20(31-2)22(19)29)13-24-25-21(28)15-27-9-7-26(8-10-27)14-17-5-3-4-6-18(17)23/h3-6,11-13,29H,7-10,14-15H2,1-2H3,(H,25,28)/b24-13-. The zero-order valence-electron chi connectivity index (χ0n) is 17.7. The van der Waals surface area contributed by atoms with Crippen molar-refractivity contribution in [3.05, 3.63) is 52.5 Å². The van der Waals surface area contributed by atoms with E-state index in [2.05, 4.69) is 20.3 Å². The number of carbonyl (C=O) groups is 1. The van der Waals surface area contributed by atoms with Gasteiger partial charge < -0.3 is 14.6 Å². The molecule has 1 aliphatic heterocycles. The Labute approximate surface area is 187 Å². The summed E-state index contributed by atoms with van der Waals surface area (Å²) in [4.78, 5) is 16.7. The normalized spacial score (nSPS) is 15.2. The number of hydrogen-bond donors (Lipinski definition) is 2. The number of phenols is 1. The molecule has 8 nitrogen and oxygen atoms in total. The highest BCUT2D eigenvalue weighted by Gasteiger charge is 2.19. The van der Waals surface area contributed by atoms with Crippen molar-refractivity contribution in [1.29, 1.82) is 0 Å². The molecule has 0 saturated carbocycles. The average molecular weight is 447 g/mol. The van der Waals surface area contributed by atoms with Gasteiger partial charge in [0, 0.05) is 43.3 Å². The van der Waals surface area contributed by atoms with Crippen LogP contribution in [-0.2, 0) is 11.3 Å². The highest BCUT2D eigenvalue weighted by Crippen LogP contribution is 2.36. The quantitative estimate of drug-likeness (QED) is 0.478.